The molecule has 0 amide bonds. The van der Waals surface area contributed by atoms with Crippen LogP contribution >= 0.6 is 24.0 Å². The summed E-state index contributed by atoms with van der Waals surface area (Å²) in [6, 6.07) is 20.6. The van der Waals surface area contributed by atoms with E-state index in [2.05, 4.69) is 50.9 Å². The second kappa shape index (κ2) is 10.0. The summed E-state index contributed by atoms with van der Waals surface area (Å²) in [4.78, 5) is 6.72. The molecule has 0 aliphatic carbocycles. The fourth-order valence-electron chi connectivity index (χ4n) is 3.02. The number of nitrogens with one attached hydrogen (secondary N) is 2. The number of para-hydroxylation sites is 1. The second-order valence-electron chi connectivity index (χ2n) is 6.15. The number of anilines is 1. The van der Waals surface area contributed by atoms with E-state index < -0.39 is 0 Å². The van der Waals surface area contributed by atoms with Crippen LogP contribution in [0.1, 0.15) is 17.5 Å². The molecule has 2 N–H and O–H groups in total. The monoisotopic (exact) mass is 461 g/mol. The number of halogens is 1. The van der Waals surface area contributed by atoms with E-state index in [1.165, 1.54) is 5.69 Å². The van der Waals surface area contributed by atoms with Gasteiger partial charge in [-0.2, -0.15) is 5.26 Å². The molecule has 6 heteroatoms. The molecule has 0 radical (unpaired) electrons. The lowest BCUT2D eigenvalue weighted by Gasteiger charge is -2.20. The number of guanidine groups is 1. The zero-order chi connectivity index (χ0) is 17.5. The summed E-state index contributed by atoms with van der Waals surface area (Å²) in [7, 11) is 1.79. The molecule has 1 saturated heterocycles. The van der Waals surface area contributed by atoms with Crippen LogP contribution in [0, 0.1) is 11.3 Å². The summed E-state index contributed by atoms with van der Waals surface area (Å²) in [5.41, 5.74) is 3.07. The van der Waals surface area contributed by atoms with E-state index in [4.69, 9.17) is 5.26 Å². The van der Waals surface area contributed by atoms with Crippen LogP contribution in [0.2, 0.25) is 0 Å². The third kappa shape index (κ3) is 5.36. The van der Waals surface area contributed by atoms with Crippen LogP contribution in [0.3, 0.4) is 0 Å². The van der Waals surface area contributed by atoms with Gasteiger partial charge in [0.05, 0.1) is 11.6 Å². The van der Waals surface area contributed by atoms with Gasteiger partial charge in [0.25, 0.3) is 0 Å². The first kappa shape index (κ1) is 20.0. The number of nitriles is 1. The summed E-state index contributed by atoms with van der Waals surface area (Å²) >= 11 is 0. The normalized spacial score (nSPS) is 16.5. The van der Waals surface area contributed by atoms with E-state index in [9.17, 15) is 0 Å². The fraction of sp³-hybridized carbons (Fsp3) is 0.300. The lowest BCUT2D eigenvalue weighted by molar-refractivity contribution is 0.648. The molecule has 3 rings (SSSR count). The summed E-state index contributed by atoms with van der Waals surface area (Å²) in [6.45, 7) is 2.70. The molecule has 2 aromatic carbocycles. The van der Waals surface area contributed by atoms with Crippen LogP contribution in [-0.4, -0.2) is 32.1 Å². The molecule has 0 spiro atoms. The number of hydrogen-bond acceptors (Lipinski definition) is 3. The standard InChI is InChI=1S/C20H23N5.HI/c1-22-20(23-14-17-9-7-16(13-21)8-10-17)24-18-11-12-25(15-18)19-5-3-2-4-6-19;/h2-10,18H,11-12,14-15H2,1H3,(H2,22,23,24);1H. The lowest BCUT2D eigenvalue weighted by atomic mass is 10.1. The van der Waals surface area contributed by atoms with Crippen molar-refractivity contribution in [3.05, 3.63) is 65.7 Å². The van der Waals surface area contributed by atoms with Gasteiger partial charge in [0.15, 0.2) is 5.96 Å². The fourth-order valence-corrected chi connectivity index (χ4v) is 3.02. The van der Waals surface area contributed by atoms with Crippen molar-refractivity contribution in [1.82, 2.24) is 10.6 Å². The van der Waals surface area contributed by atoms with Crippen molar-refractivity contribution in [1.29, 1.82) is 5.26 Å². The van der Waals surface area contributed by atoms with Crippen LogP contribution in [0.25, 0.3) is 0 Å². The smallest absolute Gasteiger partial charge is 0.191 e. The SMILES string of the molecule is CN=C(NCc1ccc(C#N)cc1)NC1CCN(c2ccccc2)C1.I. The third-order valence-electron chi connectivity index (χ3n) is 4.42. The van der Waals surface area contributed by atoms with Gasteiger partial charge in [-0.05, 0) is 36.2 Å². The van der Waals surface area contributed by atoms with E-state index in [1.807, 2.05) is 30.3 Å². The molecular weight excluding hydrogens is 437 g/mol. The Morgan fingerprint density at radius 2 is 1.92 bits per heavy atom. The van der Waals surface area contributed by atoms with Gasteiger partial charge in [-0.15, -0.1) is 24.0 Å². The van der Waals surface area contributed by atoms with Gasteiger partial charge < -0.3 is 15.5 Å². The molecule has 0 bridgehead atoms. The number of benzene rings is 2. The molecule has 1 fully saturated rings. The Hall–Kier alpha value is -2.27. The Labute approximate surface area is 172 Å². The van der Waals surface area contributed by atoms with Crippen LogP contribution in [0.5, 0.6) is 0 Å². The zero-order valence-corrected chi connectivity index (χ0v) is 17.2. The number of nitrogens with zero attached hydrogens (tertiary/aromatic N) is 3. The molecule has 2 aromatic rings. The van der Waals surface area contributed by atoms with Crippen molar-refractivity contribution in [3.8, 4) is 6.07 Å². The molecule has 1 unspecified atom stereocenters. The highest BCUT2D eigenvalue weighted by Gasteiger charge is 2.23. The quantitative estimate of drug-likeness (QED) is 0.418. The van der Waals surface area contributed by atoms with Crippen molar-refractivity contribution in [2.24, 2.45) is 4.99 Å². The first-order chi connectivity index (χ1) is 12.3. The van der Waals surface area contributed by atoms with Crippen molar-refractivity contribution < 1.29 is 0 Å². The summed E-state index contributed by atoms with van der Waals surface area (Å²) in [5, 5.41) is 15.7. The summed E-state index contributed by atoms with van der Waals surface area (Å²) in [5.74, 6) is 0.810. The molecular formula is C20H24IN5. The second-order valence-corrected chi connectivity index (χ2v) is 6.15. The lowest BCUT2D eigenvalue weighted by Crippen LogP contribution is -2.44. The number of aliphatic imine (C=N–C) groups is 1. The topological polar surface area (TPSA) is 63.5 Å². The maximum absolute atomic E-state index is 8.85. The molecule has 1 heterocycles. The Morgan fingerprint density at radius 1 is 1.19 bits per heavy atom. The molecule has 136 valence electrons. The van der Waals surface area contributed by atoms with E-state index in [0.717, 1.165) is 31.0 Å². The molecule has 1 aliphatic heterocycles. The van der Waals surface area contributed by atoms with Crippen LogP contribution < -0.4 is 15.5 Å². The molecule has 1 atom stereocenters. The largest absolute Gasteiger partial charge is 0.369 e. The Bertz CT molecular complexity index is 752. The van der Waals surface area contributed by atoms with Crippen LogP contribution in [-0.2, 0) is 6.54 Å². The van der Waals surface area contributed by atoms with E-state index in [0.29, 0.717) is 18.2 Å². The van der Waals surface area contributed by atoms with Crippen molar-refractivity contribution >= 4 is 35.6 Å². The highest BCUT2D eigenvalue weighted by Crippen LogP contribution is 2.19. The minimum Gasteiger partial charge on any atom is -0.369 e. The summed E-state index contributed by atoms with van der Waals surface area (Å²) < 4.78 is 0. The van der Waals surface area contributed by atoms with E-state index in [-0.39, 0.29) is 24.0 Å². The molecule has 5 nitrogen and oxygen atoms in total. The first-order valence-corrected chi connectivity index (χ1v) is 8.54. The highest BCUT2D eigenvalue weighted by molar-refractivity contribution is 14.0. The van der Waals surface area contributed by atoms with Crippen molar-refractivity contribution in [3.63, 3.8) is 0 Å². The van der Waals surface area contributed by atoms with Crippen molar-refractivity contribution in [2.75, 3.05) is 25.0 Å². The first-order valence-electron chi connectivity index (χ1n) is 8.54. The van der Waals surface area contributed by atoms with Gasteiger partial charge in [-0.1, -0.05) is 30.3 Å². The van der Waals surface area contributed by atoms with Crippen LogP contribution in [0.15, 0.2) is 59.6 Å². The van der Waals surface area contributed by atoms with Gasteiger partial charge in [0.2, 0.25) is 0 Å². The van der Waals surface area contributed by atoms with Gasteiger partial charge in [-0.3, -0.25) is 4.99 Å². The van der Waals surface area contributed by atoms with Crippen molar-refractivity contribution in [2.45, 2.75) is 19.0 Å². The van der Waals surface area contributed by atoms with Gasteiger partial charge in [0.1, 0.15) is 0 Å². The average molecular weight is 461 g/mol. The Morgan fingerprint density at radius 3 is 2.58 bits per heavy atom. The Balaban J connectivity index is 0.00000243. The third-order valence-corrected chi connectivity index (χ3v) is 4.42. The van der Waals surface area contributed by atoms with Crippen LogP contribution in [0.4, 0.5) is 5.69 Å². The zero-order valence-electron chi connectivity index (χ0n) is 14.9. The maximum atomic E-state index is 8.85. The molecule has 0 aromatic heterocycles. The van der Waals surface area contributed by atoms with E-state index in [1.54, 1.807) is 7.05 Å². The highest BCUT2D eigenvalue weighted by atomic mass is 127. The van der Waals surface area contributed by atoms with Gasteiger partial charge >= 0.3 is 0 Å². The molecule has 1 aliphatic rings. The average Bonchev–Trinajstić information content (AvgIpc) is 3.15. The van der Waals surface area contributed by atoms with Gasteiger partial charge in [0, 0.05) is 38.4 Å². The maximum Gasteiger partial charge on any atom is 0.191 e. The molecule has 0 saturated carbocycles. The predicted octanol–water partition coefficient (Wildman–Crippen LogP) is 3.12. The predicted molar refractivity (Wildman–Crippen MR) is 117 cm³/mol. The van der Waals surface area contributed by atoms with E-state index >= 15 is 0 Å². The summed E-state index contributed by atoms with van der Waals surface area (Å²) in [6.07, 6.45) is 1.09. The minimum absolute atomic E-state index is 0. The van der Waals surface area contributed by atoms with Gasteiger partial charge in [-0.25, -0.2) is 0 Å². The number of rotatable bonds is 4. The minimum atomic E-state index is 0. The Kier molecular flexibility index (Phi) is 7.73. The molecule has 26 heavy (non-hydrogen) atoms. The number of hydrogen-bond donors (Lipinski definition) is 2.